The monoisotopic (exact) mass is 283 g/mol. The van der Waals surface area contributed by atoms with Gasteiger partial charge in [0, 0.05) is 17.8 Å². The number of carbonyl (C=O) groups is 1. The second-order valence-corrected chi connectivity index (χ2v) is 5.03. The van der Waals surface area contributed by atoms with Gasteiger partial charge in [0.15, 0.2) is 0 Å². The normalized spacial score (nSPS) is 16.7. The van der Waals surface area contributed by atoms with E-state index in [4.69, 9.17) is 4.74 Å². The van der Waals surface area contributed by atoms with Crippen molar-refractivity contribution in [2.75, 3.05) is 11.5 Å². The molecule has 1 aliphatic heterocycles. The molecule has 0 bridgehead atoms. The van der Waals surface area contributed by atoms with Crippen molar-refractivity contribution in [2.45, 2.75) is 26.3 Å². The maximum Gasteiger partial charge on any atom is 0.277 e. The van der Waals surface area contributed by atoms with Crippen molar-refractivity contribution in [3.63, 3.8) is 0 Å². The summed E-state index contributed by atoms with van der Waals surface area (Å²) in [7, 11) is 0. The Bertz CT molecular complexity index is 672. The summed E-state index contributed by atoms with van der Waals surface area (Å²) in [6.45, 7) is 4.43. The van der Waals surface area contributed by atoms with Crippen molar-refractivity contribution in [1.29, 1.82) is 0 Å². The molecule has 2 heterocycles. The molecule has 2 aromatic rings. The van der Waals surface area contributed by atoms with Crippen LogP contribution >= 0.6 is 0 Å². The third-order valence-electron chi connectivity index (χ3n) is 3.58. The Kier molecular flexibility index (Phi) is 3.56. The van der Waals surface area contributed by atoms with Crippen LogP contribution in [0.1, 0.15) is 29.9 Å². The van der Waals surface area contributed by atoms with Gasteiger partial charge in [-0.25, -0.2) is 9.97 Å². The lowest BCUT2D eigenvalue weighted by atomic mass is 10.1. The molecule has 0 spiro atoms. The molecule has 0 aliphatic carbocycles. The highest BCUT2D eigenvalue weighted by Gasteiger charge is 2.32. The van der Waals surface area contributed by atoms with Gasteiger partial charge in [-0.1, -0.05) is 18.2 Å². The second-order valence-electron chi connectivity index (χ2n) is 5.03. The Labute approximate surface area is 123 Å². The first-order chi connectivity index (χ1) is 10.2. The fourth-order valence-electron chi connectivity index (χ4n) is 2.68. The van der Waals surface area contributed by atoms with Gasteiger partial charge >= 0.3 is 0 Å². The van der Waals surface area contributed by atoms with Crippen LogP contribution in [0.15, 0.2) is 36.7 Å². The zero-order valence-corrected chi connectivity index (χ0v) is 12.1. The maximum absolute atomic E-state index is 12.8. The molecule has 1 atom stereocenters. The van der Waals surface area contributed by atoms with Crippen LogP contribution in [0, 0.1) is 0 Å². The largest absolute Gasteiger partial charge is 0.478 e. The zero-order valence-electron chi connectivity index (χ0n) is 12.1. The quantitative estimate of drug-likeness (QED) is 0.868. The van der Waals surface area contributed by atoms with E-state index >= 15 is 0 Å². The molecule has 5 nitrogen and oxygen atoms in total. The minimum absolute atomic E-state index is 0.115. The summed E-state index contributed by atoms with van der Waals surface area (Å²) in [4.78, 5) is 22.6. The second kappa shape index (κ2) is 5.52. The van der Waals surface area contributed by atoms with Crippen LogP contribution in [0.25, 0.3) is 0 Å². The summed E-state index contributed by atoms with van der Waals surface area (Å²) in [5.74, 6) is 0.312. The van der Waals surface area contributed by atoms with E-state index < -0.39 is 0 Å². The number of carbonyl (C=O) groups excluding carboxylic acids is 1. The van der Waals surface area contributed by atoms with Crippen LogP contribution in [0.5, 0.6) is 5.88 Å². The van der Waals surface area contributed by atoms with Gasteiger partial charge in [0.25, 0.3) is 5.91 Å². The first-order valence-corrected chi connectivity index (χ1v) is 7.07. The predicted octanol–water partition coefficient (Wildman–Crippen LogP) is 2.47. The molecule has 0 radical (unpaired) electrons. The number of amides is 1. The van der Waals surface area contributed by atoms with Crippen molar-refractivity contribution >= 4 is 11.6 Å². The fraction of sp³-hybridized carbons (Fsp3) is 0.312. The summed E-state index contributed by atoms with van der Waals surface area (Å²) in [6.07, 6.45) is 2.23. The summed E-state index contributed by atoms with van der Waals surface area (Å²) in [5, 5.41) is 0. The molecule has 108 valence electrons. The number of hydrogen-bond acceptors (Lipinski definition) is 4. The van der Waals surface area contributed by atoms with Gasteiger partial charge in [0.2, 0.25) is 5.88 Å². The lowest BCUT2D eigenvalue weighted by molar-refractivity contribution is 0.0976. The van der Waals surface area contributed by atoms with Crippen LogP contribution in [-0.2, 0) is 6.42 Å². The standard InChI is InChI=1S/C16H17N3O2/c1-3-21-15-9-13(17-10-18-15)16(20)19-11(2)8-12-6-4-5-7-14(12)19/h4-7,9-11H,3,8H2,1-2H3/t11-/m1/s1. The van der Waals surface area contributed by atoms with E-state index in [2.05, 4.69) is 16.0 Å². The molecule has 1 aliphatic rings. The van der Waals surface area contributed by atoms with Gasteiger partial charge < -0.3 is 9.64 Å². The summed E-state index contributed by atoms with van der Waals surface area (Å²) in [6, 6.07) is 9.70. The van der Waals surface area contributed by atoms with Crippen molar-refractivity contribution < 1.29 is 9.53 Å². The van der Waals surface area contributed by atoms with E-state index in [0.717, 1.165) is 12.1 Å². The average molecular weight is 283 g/mol. The number of para-hydroxylation sites is 1. The highest BCUT2D eigenvalue weighted by molar-refractivity contribution is 6.06. The molecule has 21 heavy (non-hydrogen) atoms. The van der Waals surface area contributed by atoms with E-state index in [9.17, 15) is 4.79 Å². The predicted molar refractivity (Wildman–Crippen MR) is 79.6 cm³/mol. The van der Waals surface area contributed by atoms with Crippen LogP contribution in [-0.4, -0.2) is 28.5 Å². The average Bonchev–Trinajstić information content (AvgIpc) is 2.83. The van der Waals surface area contributed by atoms with E-state index in [1.54, 1.807) is 11.0 Å². The SMILES string of the molecule is CCOc1cc(C(=O)N2c3ccccc3C[C@H]2C)ncn1. The Hall–Kier alpha value is -2.43. The molecule has 0 fully saturated rings. The van der Waals surface area contributed by atoms with Crippen molar-refractivity contribution in [1.82, 2.24) is 9.97 Å². The summed E-state index contributed by atoms with van der Waals surface area (Å²) >= 11 is 0. The number of fused-ring (bicyclic) bond motifs is 1. The van der Waals surface area contributed by atoms with Gasteiger partial charge in [-0.15, -0.1) is 0 Å². The molecule has 1 aromatic carbocycles. The van der Waals surface area contributed by atoms with E-state index in [1.807, 2.05) is 32.0 Å². The van der Waals surface area contributed by atoms with Crippen LogP contribution in [0.2, 0.25) is 0 Å². The lowest BCUT2D eigenvalue weighted by Gasteiger charge is -2.22. The minimum Gasteiger partial charge on any atom is -0.478 e. The summed E-state index contributed by atoms with van der Waals surface area (Å²) < 4.78 is 5.33. The lowest BCUT2D eigenvalue weighted by Crippen LogP contribution is -2.36. The van der Waals surface area contributed by atoms with Gasteiger partial charge in [-0.2, -0.15) is 0 Å². The molecular weight excluding hydrogens is 266 g/mol. The van der Waals surface area contributed by atoms with Crippen molar-refractivity contribution in [2.24, 2.45) is 0 Å². The molecular formula is C16H17N3O2. The number of ether oxygens (including phenoxy) is 1. The topological polar surface area (TPSA) is 55.3 Å². The molecule has 1 amide bonds. The molecule has 5 heteroatoms. The van der Waals surface area contributed by atoms with Crippen LogP contribution in [0.4, 0.5) is 5.69 Å². The zero-order chi connectivity index (χ0) is 14.8. The van der Waals surface area contributed by atoms with Gasteiger partial charge in [-0.05, 0) is 31.9 Å². The third-order valence-corrected chi connectivity index (χ3v) is 3.58. The molecule has 3 rings (SSSR count). The first kappa shape index (κ1) is 13.5. The number of benzene rings is 1. The smallest absolute Gasteiger partial charge is 0.277 e. The Morgan fingerprint density at radius 2 is 2.19 bits per heavy atom. The highest BCUT2D eigenvalue weighted by Crippen LogP contribution is 2.32. The molecule has 0 saturated heterocycles. The Balaban J connectivity index is 1.93. The molecule has 0 saturated carbocycles. The Morgan fingerprint density at radius 1 is 1.38 bits per heavy atom. The van der Waals surface area contributed by atoms with Gasteiger partial charge in [0.1, 0.15) is 12.0 Å². The minimum atomic E-state index is -0.115. The van der Waals surface area contributed by atoms with E-state index in [-0.39, 0.29) is 11.9 Å². The van der Waals surface area contributed by atoms with Crippen molar-refractivity contribution in [3.8, 4) is 5.88 Å². The number of anilines is 1. The van der Waals surface area contributed by atoms with Gasteiger partial charge in [-0.3, -0.25) is 4.79 Å². The number of nitrogens with zero attached hydrogens (tertiary/aromatic N) is 3. The van der Waals surface area contributed by atoms with E-state index in [0.29, 0.717) is 18.2 Å². The van der Waals surface area contributed by atoms with Gasteiger partial charge in [0.05, 0.1) is 6.61 Å². The molecule has 1 aromatic heterocycles. The summed E-state index contributed by atoms with van der Waals surface area (Å²) in [5.41, 5.74) is 2.51. The van der Waals surface area contributed by atoms with Crippen molar-refractivity contribution in [3.05, 3.63) is 47.9 Å². The number of aromatic nitrogens is 2. The number of hydrogen-bond donors (Lipinski definition) is 0. The number of rotatable bonds is 3. The molecule has 0 N–H and O–H groups in total. The first-order valence-electron chi connectivity index (χ1n) is 7.07. The Morgan fingerprint density at radius 3 is 3.00 bits per heavy atom. The third kappa shape index (κ3) is 2.46. The van der Waals surface area contributed by atoms with Crippen LogP contribution in [0.3, 0.4) is 0 Å². The molecule has 0 unspecified atom stereocenters. The highest BCUT2D eigenvalue weighted by atomic mass is 16.5. The van der Waals surface area contributed by atoms with Crippen LogP contribution < -0.4 is 9.64 Å². The fourth-order valence-corrected chi connectivity index (χ4v) is 2.68. The maximum atomic E-state index is 12.8. The van der Waals surface area contributed by atoms with E-state index in [1.165, 1.54) is 11.9 Å².